The molecule has 0 aromatic heterocycles. The molecule has 1 heterocycles. The third-order valence-electron chi connectivity index (χ3n) is 4.36. The normalized spacial score (nSPS) is 20.5. The zero-order chi connectivity index (χ0) is 17.8. The molecule has 1 aliphatic heterocycles. The average Bonchev–Trinajstić information content (AvgIpc) is 2.63. The summed E-state index contributed by atoms with van der Waals surface area (Å²) < 4.78 is 5.43. The molecular formula is C20H21NO4. The predicted octanol–water partition coefficient (Wildman–Crippen LogP) is 2.52. The number of rotatable bonds is 4. The molecule has 1 aliphatic rings. The highest BCUT2D eigenvalue weighted by Gasteiger charge is 2.36. The number of carbonyl (C=O) groups is 2. The van der Waals surface area contributed by atoms with Crippen molar-refractivity contribution in [2.24, 2.45) is 0 Å². The lowest BCUT2D eigenvalue weighted by Gasteiger charge is -2.37. The molecule has 0 bridgehead atoms. The first kappa shape index (κ1) is 17.2. The van der Waals surface area contributed by atoms with Crippen molar-refractivity contribution in [3.8, 4) is 0 Å². The molecule has 130 valence electrons. The van der Waals surface area contributed by atoms with Gasteiger partial charge in [0.1, 0.15) is 0 Å². The molecule has 1 N–H and O–H groups in total. The Morgan fingerprint density at radius 1 is 1.00 bits per heavy atom. The minimum Gasteiger partial charge on any atom is -0.479 e. The van der Waals surface area contributed by atoms with Crippen LogP contribution in [-0.2, 0) is 14.3 Å². The summed E-state index contributed by atoms with van der Waals surface area (Å²) in [6.07, 6.45) is -1.30. The van der Waals surface area contributed by atoms with Crippen molar-refractivity contribution in [1.82, 2.24) is 4.90 Å². The lowest BCUT2D eigenvalue weighted by atomic mass is 9.89. The van der Waals surface area contributed by atoms with E-state index in [1.54, 1.807) is 11.8 Å². The van der Waals surface area contributed by atoms with Crippen LogP contribution < -0.4 is 0 Å². The molecule has 0 aliphatic carbocycles. The van der Waals surface area contributed by atoms with E-state index in [0.717, 1.165) is 11.1 Å². The van der Waals surface area contributed by atoms with Crippen LogP contribution in [0.15, 0.2) is 60.7 Å². The zero-order valence-corrected chi connectivity index (χ0v) is 14.0. The lowest BCUT2D eigenvalue weighted by molar-refractivity contribution is -0.166. The predicted molar refractivity (Wildman–Crippen MR) is 93.3 cm³/mol. The molecule has 1 saturated heterocycles. The maximum atomic E-state index is 13.3. The highest BCUT2D eigenvalue weighted by Crippen LogP contribution is 2.28. The van der Waals surface area contributed by atoms with Crippen LogP contribution in [-0.4, -0.2) is 47.2 Å². The van der Waals surface area contributed by atoms with Gasteiger partial charge in [0.15, 0.2) is 6.10 Å². The van der Waals surface area contributed by atoms with Gasteiger partial charge in [-0.2, -0.15) is 0 Å². The van der Waals surface area contributed by atoms with Crippen molar-refractivity contribution >= 4 is 11.9 Å². The smallest absolute Gasteiger partial charge is 0.334 e. The van der Waals surface area contributed by atoms with E-state index in [-0.39, 0.29) is 18.6 Å². The third-order valence-corrected chi connectivity index (χ3v) is 4.36. The fourth-order valence-corrected chi connectivity index (χ4v) is 3.22. The van der Waals surface area contributed by atoms with Gasteiger partial charge in [-0.3, -0.25) is 4.79 Å². The topological polar surface area (TPSA) is 66.8 Å². The van der Waals surface area contributed by atoms with Crippen molar-refractivity contribution in [1.29, 1.82) is 0 Å². The van der Waals surface area contributed by atoms with Gasteiger partial charge in [0, 0.05) is 6.54 Å². The van der Waals surface area contributed by atoms with E-state index in [1.165, 1.54) is 0 Å². The molecule has 1 unspecified atom stereocenters. The second kappa shape index (κ2) is 7.49. The van der Waals surface area contributed by atoms with E-state index < -0.39 is 18.0 Å². The van der Waals surface area contributed by atoms with Crippen molar-refractivity contribution in [2.75, 3.05) is 13.1 Å². The van der Waals surface area contributed by atoms with Gasteiger partial charge < -0.3 is 14.7 Å². The number of carboxylic acids is 1. The Morgan fingerprint density at radius 2 is 1.52 bits per heavy atom. The molecule has 25 heavy (non-hydrogen) atoms. The Labute approximate surface area is 146 Å². The molecule has 5 heteroatoms. The van der Waals surface area contributed by atoms with Crippen LogP contribution in [0.2, 0.25) is 0 Å². The zero-order valence-electron chi connectivity index (χ0n) is 14.0. The first-order valence-corrected chi connectivity index (χ1v) is 8.33. The summed E-state index contributed by atoms with van der Waals surface area (Å²) >= 11 is 0. The van der Waals surface area contributed by atoms with Gasteiger partial charge >= 0.3 is 5.97 Å². The summed E-state index contributed by atoms with van der Waals surface area (Å²) in [6.45, 7) is 2.24. The molecule has 1 fully saturated rings. The molecule has 1 amide bonds. The summed E-state index contributed by atoms with van der Waals surface area (Å²) in [5.41, 5.74) is 1.79. The largest absolute Gasteiger partial charge is 0.479 e. The summed E-state index contributed by atoms with van der Waals surface area (Å²) in [6, 6.07) is 19.1. The summed E-state index contributed by atoms with van der Waals surface area (Å²) in [4.78, 5) is 26.2. The molecule has 0 radical (unpaired) electrons. The summed E-state index contributed by atoms with van der Waals surface area (Å²) in [5, 5.41) is 9.27. The van der Waals surface area contributed by atoms with E-state index in [1.807, 2.05) is 60.7 Å². The van der Waals surface area contributed by atoms with Gasteiger partial charge in [-0.25, -0.2) is 4.79 Å². The fraction of sp³-hybridized carbons (Fsp3) is 0.300. The van der Waals surface area contributed by atoms with Crippen molar-refractivity contribution < 1.29 is 19.4 Å². The van der Waals surface area contributed by atoms with Crippen molar-refractivity contribution in [3.05, 3.63) is 71.8 Å². The number of hydrogen-bond donors (Lipinski definition) is 1. The number of morpholine rings is 1. The summed E-state index contributed by atoms with van der Waals surface area (Å²) in [7, 11) is 0. The van der Waals surface area contributed by atoms with Gasteiger partial charge in [-0.15, -0.1) is 0 Å². The standard InChI is InChI=1S/C20H21NO4/c1-14-12-21(13-17(25-14)20(23)24)19(22)18(15-8-4-2-5-9-15)16-10-6-3-7-11-16/h2-11,14,17-18H,12-13H2,1H3,(H,23,24)/t14-,17?/m1/s1. The Balaban J connectivity index is 1.93. The Kier molecular flexibility index (Phi) is 5.14. The van der Waals surface area contributed by atoms with Crippen molar-refractivity contribution in [2.45, 2.75) is 25.0 Å². The van der Waals surface area contributed by atoms with Crippen molar-refractivity contribution in [3.63, 3.8) is 0 Å². The Bertz CT molecular complexity index is 692. The number of benzene rings is 2. The van der Waals surface area contributed by atoms with Gasteiger partial charge in [0.2, 0.25) is 5.91 Å². The molecule has 0 saturated carbocycles. The van der Waals surface area contributed by atoms with Crippen LogP contribution in [0.25, 0.3) is 0 Å². The number of ether oxygens (including phenoxy) is 1. The van der Waals surface area contributed by atoms with E-state index in [9.17, 15) is 14.7 Å². The number of carbonyl (C=O) groups excluding carboxylic acids is 1. The van der Waals surface area contributed by atoms with Crippen LogP contribution in [0.5, 0.6) is 0 Å². The lowest BCUT2D eigenvalue weighted by Crippen LogP contribution is -2.53. The number of nitrogens with zero attached hydrogens (tertiary/aromatic N) is 1. The Hall–Kier alpha value is -2.66. The van der Waals surface area contributed by atoms with E-state index in [2.05, 4.69) is 0 Å². The number of hydrogen-bond acceptors (Lipinski definition) is 3. The maximum Gasteiger partial charge on any atom is 0.334 e. The maximum absolute atomic E-state index is 13.3. The highest BCUT2D eigenvalue weighted by atomic mass is 16.5. The number of carboxylic acid groups (broad SMARTS) is 1. The first-order chi connectivity index (χ1) is 12.1. The second-order valence-corrected chi connectivity index (χ2v) is 6.27. The number of amides is 1. The van der Waals surface area contributed by atoms with Crippen LogP contribution in [0.1, 0.15) is 24.0 Å². The monoisotopic (exact) mass is 339 g/mol. The minimum absolute atomic E-state index is 0.0642. The minimum atomic E-state index is -1.04. The SMILES string of the molecule is C[C@@H]1CN(C(=O)C(c2ccccc2)c2ccccc2)CC(C(=O)O)O1. The Morgan fingerprint density at radius 3 is 2.00 bits per heavy atom. The second-order valence-electron chi connectivity index (χ2n) is 6.27. The molecule has 0 spiro atoms. The average molecular weight is 339 g/mol. The molecule has 2 atom stereocenters. The molecule has 3 rings (SSSR count). The molecule has 5 nitrogen and oxygen atoms in total. The quantitative estimate of drug-likeness (QED) is 0.929. The highest BCUT2D eigenvalue weighted by molar-refractivity contribution is 5.88. The van der Waals surface area contributed by atoms with E-state index >= 15 is 0 Å². The van der Waals surface area contributed by atoms with Crippen LogP contribution in [0.3, 0.4) is 0 Å². The number of aliphatic carboxylic acids is 1. The van der Waals surface area contributed by atoms with Crippen LogP contribution in [0.4, 0.5) is 0 Å². The van der Waals surface area contributed by atoms with Gasteiger partial charge in [0.25, 0.3) is 0 Å². The van der Waals surface area contributed by atoms with Crippen LogP contribution in [0, 0.1) is 0 Å². The summed E-state index contributed by atoms with van der Waals surface area (Å²) in [5.74, 6) is -1.60. The fourth-order valence-electron chi connectivity index (χ4n) is 3.22. The van der Waals surface area contributed by atoms with Crippen LogP contribution >= 0.6 is 0 Å². The third kappa shape index (κ3) is 3.88. The molecular weight excluding hydrogens is 318 g/mol. The first-order valence-electron chi connectivity index (χ1n) is 8.33. The van der Waals surface area contributed by atoms with Gasteiger partial charge in [0.05, 0.1) is 18.6 Å². The molecule has 2 aromatic rings. The molecule has 2 aromatic carbocycles. The van der Waals surface area contributed by atoms with E-state index in [0.29, 0.717) is 6.54 Å². The van der Waals surface area contributed by atoms with Gasteiger partial charge in [-0.05, 0) is 18.1 Å². The van der Waals surface area contributed by atoms with Gasteiger partial charge in [-0.1, -0.05) is 60.7 Å². The van der Waals surface area contributed by atoms with E-state index in [4.69, 9.17) is 4.74 Å².